The first-order valence-corrected chi connectivity index (χ1v) is 11.0. The lowest BCUT2D eigenvalue weighted by molar-refractivity contribution is -0.166. The smallest absolute Gasteiger partial charge is 0.244 e. The fourth-order valence-electron chi connectivity index (χ4n) is 4.20. The molecule has 0 aliphatic carbocycles. The van der Waals surface area contributed by atoms with Crippen molar-refractivity contribution in [2.24, 2.45) is 0 Å². The normalized spacial score (nSPS) is 21.7. The van der Waals surface area contributed by atoms with Crippen LogP contribution < -0.4 is 4.74 Å². The molecule has 2 aliphatic heterocycles. The first-order chi connectivity index (χ1) is 15.1. The third-order valence-electron chi connectivity index (χ3n) is 5.88. The van der Waals surface area contributed by atoms with Crippen LogP contribution in [0.25, 0.3) is 0 Å². The zero-order valence-electron chi connectivity index (χ0n) is 17.8. The van der Waals surface area contributed by atoms with E-state index >= 15 is 0 Å². The van der Waals surface area contributed by atoms with Gasteiger partial charge in [-0.3, -0.25) is 14.3 Å². The Balaban J connectivity index is 1.47. The van der Waals surface area contributed by atoms with Gasteiger partial charge in [0.15, 0.2) is 0 Å². The number of aromatic nitrogens is 2. The minimum Gasteiger partial charge on any atom is -0.490 e. The summed E-state index contributed by atoms with van der Waals surface area (Å²) in [5.74, 6) is 0.745. The topological polar surface area (TPSA) is 76.9 Å². The second-order valence-electron chi connectivity index (χ2n) is 8.27. The third-order valence-corrected chi connectivity index (χ3v) is 5.88. The highest BCUT2D eigenvalue weighted by atomic mass is 16.5. The lowest BCUT2D eigenvalue weighted by Crippen LogP contribution is -2.59. The zero-order chi connectivity index (χ0) is 21.5. The van der Waals surface area contributed by atoms with Crippen molar-refractivity contribution in [2.75, 3.05) is 39.4 Å². The van der Waals surface area contributed by atoms with Gasteiger partial charge in [0.25, 0.3) is 0 Å². The Bertz CT molecular complexity index is 852. The number of likely N-dealkylation sites (tertiary alicyclic amines) is 1. The molecule has 1 aromatic heterocycles. The predicted molar refractivity (Wildman–Crippen MR) is 114 cm³/mol. The molecule has 0 N–H and O–H groups in total. The number of hydrogen-bond acceptors (Lipinski definition) is 5. The van der Waals surface area contributed by atoms with Crippen molar-refractivity contribution in [1.82, 2.24) is 19.6 Å². The molecule has 8 nitrogen and oxygen atoms in total. The monoisotopic (exact) mass is 426 g/mol. The lowest BCUT2D eigenvalue weighted by Gasteiger charge is -2.43. The highest BCUT2D eigenvalue weighted by Gasteiger charge is 2.42. The van der Waals surface area contributed by atoms with Crippen LogP contribution in [0.3, 0.4) is 0 Å². The van der Waals surface area contributed by atoms with E-state index in [1.54, 1.807) is 28.0 Å². The van der Waals surface area contributed by atoms with Crippen LogP contribution in [0, 0.1) is 0 Å². The summed E-state index contributed by atoms with van der Waals surface area (Å²) < 4.78 is 13.8. The number of ether oxygens (including phenoxy) is 2. The highest BCUT2D eigenvalue weighted by molar-refractivity contribution is 5.78. The fraction of sp³-hybridized carbons (Fsp3) is 0.522. The Hall–Kier alpha value is -2.87. The third kappa shape index (κ3) is 5.64. The number of morpholine rings is 1. The molecule has 3 heterocycles. The SMILES string of the molecule is O=C(CC1(COc2ccccc2)CN(C(=O)Cn2cccn2)CCO1)N1CCCCC1. The van der Waals surface area contributed by atoms with Crippen molar-refractivity contribution in [1.29, 1.82) is 0 Å². The van der Waals surface area contributed by atoms with E-state index in [9.17, 15) is 9.59 Å². The Morgan fingerprint density at radius 3 is 2.55 bits per heavy atom. The molecule has 0 radical (unpaired) electrons. The fourth-order valence-corrected chi connectivity index (χ4v) is 4.20. The van der Waals surface area contributed by atoms with Crippen LogP contribution in [0.1, 0.15) is 25.7 Å². The van der Waals surface area contributed by atoms with Gasteiger partial charge in [-0.25, -0.2) is 0 Å². The van der Waals surface area contributed by atoms with Crippen molar-refractivity contribution in [3.8, 4) is 5.75 Å². The van der Waals surface area contributed by atoms with Crippen molar-refractivity contribution >= 4 is 11.8 Å². The van der Waals surface area contributed by atoms with E-state index in [1.165, 1.54) is 0 Å². The number of nitrogens with zero attached hydrogens (tertiary/aromatic N) is 4. The summed E-state index contributed by atoms with van der Waals surface area (Å²) in [5.41, 5.74) is -0.873. The van der Waals surface area contributed by atoms with Gasteiger partial charge in [-0.05, 0) is 37.5 Å². The summed E-state index contributed by atoms with van der Waals surface area (Å²) in [4.78, 5) is 29.7. The Labute approximate surface area is 182 Å². The number of benzene rings is 1. The Morgan fingerprint density at radius 1 is 1.00 bits per heavy atom. The molecule has 1 atom stereocenters. The lowest BCUT2D eigenvalue weighted by atomic mass is 9.96. The molecule has 0 bridgehead atoms. The summed E-state index contributed by atoms with van der Waals surface area (Å²) in [6, 6.07) is 11.3. The predicted octanol–water partition coefficient (Wildman–Crippen LogP) is 1.96. The molecular weight excluding hydrogens is 396 g/mol. The van der Waals surface area contributed by atoms with E-state index in [1.807, 2.05) is 35.2 Å². The number of hydrogen-bond donors (Lipinski definition) is 0. The molecule has 2 saturated heterocycles. The Morgan fingerprint density at radius 2 is 1.81 bits per heavy atom. The minimum absolute atomic E-state index is 0.0403. The highest BCUT2D eigenvalue weighted by Crippen LogP contribution is 2.26. The molecule has 1 unspecified atom stereocenters. The van der Waals surface area contributed by atoms with Gasteiger partial charge in [0.05, 0.1) is 19.6 Å². The standard InChI is InChI=1S/C23H30N4O4/c28-21(25-11-5-2-6-12-25)16-23(19-30-20-8-3-1-4-9-20)18-26(14-15-31-23)22(29)17-27-13-7-10-24-27/h1,3-4,7-10,13H,2,5-6,11-12,14-19H2. The van der Waals surface area contributed by atoms with Crippen molar-refractivity contribution < 1.29 is 19.1 Å². The van der Waals surface area contributed by atoms with E-state index in [4.69, 9.17) is 9.47 Å². The first-order valence-electron chi connectivity index (χ1n) is 11.0. The number of para-hydroxylation sites is 1. The summed E-state index contributed by atoms with van der Waals surface area (Å²) in [6.45, 7) is 3.14. The second kappa shape index (κ2) is 9.96. The molecule has 166 valence electrons. The van der Waals surface area contributed by atoms with Crippen LogP contribution >= 0.6 is 0 Å². The van der Waals surface area contributed by atoms with Crippen LogP contribution in [0.5, 0.6) is 5.75 Å². The van der Waals surface area contributed by atoms with E-state index in [0.29, 0.717) is 19.7 Å². The molecule has 2 amide bonds. The van der Waals surface area contributed by atoms with Gasteiger partial charge in [0.1, 0.15) is 24.5 Å². The quantitative estimate of drug-likeness (QED) is 0.677. The number of rotatable bonds is 7. The molecule has 2 fully saturated rings. The van der Waals surface area contributed by atoms with E-state index in [2.05, 4.69) is 5.10 Å². The second-order valence-corrected chi connectivity index (χ2v) is 8.27. The molecule has 8 heteroatoms. The number of carbonyl (C=O) groups excluding carboxylic acids is 2. The maximum absolute atomic E-state index is 13.1. The van der Waals surface area contributed by atoms with Gasteiger partial charge in [-0.1, -0.05) is 18.2 Å². The largest absolute Gasteiger partial charge is 0.490 e. The minimum atomic E-state index is -0.873. The van der Waals surface area contributed by atoms with Gasteiger partial charge in [-0.2, -0.15) is 5.10 Å². The van der Waals surface area contributed by atoms with Crippen molar-refractivity contribution in [2.45, 2.75) is 37.8 Å². The van der Waals surface area contributed by atoms with Crippen LogP contribution in [0.15, 0.2) is 48.8 Å². The van der Waals surface area contributed by atoms with Gasteiger partial charge in [-0.15, -0.1) is 0 Å². The molecular formula is C23H30N4O4. The van der Waals surface area contributed by atoms with Crippen molar-refractivity contribution in [3.05, 3.63) is 48.8 Å². The molecule has 4 rings (SSSR count). The maximum atomic E-state index is 13.1. The van der Waals surface area contributed by atoms with Gasteiger partial charge < -0.3 is 19.3 Å². The molecule has 1 aromatic carbocycles. The number of piperidine rings is 1. The molecule has 2 aliphatic rings. The van der Waals surface area contributed by atoms with Crippen LogP contribution in [-0.2, 0) is 20.9 Å². The molecule has 31 heavy (non-hydrogen) atoms. The number of carbonyl (C=O) groups is 2. The Kier molecular flexibility index (Phi) is 6.86. The average molecular weight is 427 g/mol. The average Bonchev–Trinajstić information content (AvgIpc) is 3.32. The van der Waals surface area contributed by atoms with Crippen molar-refractivity contribution in [3.63, 3.8) is 0 Å². The van der Waals surface area contributed by atoms with Gasteiger partial charge in [0, 0.05) is 32.0 Å². The summed E-state index contributed by atoms with van der Waals surface area (Å²) >= 11 is 0. The zero-order valence-corrected chi connectivity index (χ0v) is 17.8. The molecule has 0 saturated carbocycles. The molecule has 0 spiro atoms. The summed E-state index contributed by atoms with van der Waals surface area (Å²) in [7, 11) is 0. The molecule has 2 aromatic rings. The van der Waals surface area contributed by atoms with E-state index < -0.39 is 5.60 Å². The van der Waals surface area contributed by atoms with Crippen LogP contribution in [0.2, 0.25) is 0 Å². The van der Waals surface area contributed by atoms with Crippen LogP contribution in [0.4, 0.5) is 0 Å². The number of amides is 2. The van der Waals surface area contributed by atoms with Gasteiger partial charge in [0.2, 0.25) is 11.8 Å². The summed E-state index contributed by atoms with van der Waals surface area (Å²) in [5, 5.41) is 4.13. The van der Waals surface area contributed by atoms with E-state index in [0.717, 1.165) is 38.1 Å². The first kappa shape index (κ1) is 21.4. The van der Waals surface area contributed by atoms with E-state index in [-0.39, 0.29) is 31.4 Å². The summed E-state index contributed by atoms with van der Waals surface area (Å²) in [6.07, 6.45) is 6.86. The van der Waals surface area contributed by atoms with Crippen LogP contribution in [-0.4, -0.2) is 76.4 Å². The maximum Gasteiger partial charge on any atom is 0.244 e. The van der Waals surface area contributed by atoms with Gasteiger partial charge >= 0.3 is 0 Å².